The van der Waals surface area contributed by atoms with E-state index in [-0.39, 0.29) is 12.4 Å². The predicted octanol–water partition coefficient (Wildman–Crippen LogP) is 4.86. The lowest BCUT2D eigenvalue weighted by molar-refractivity contribution is 0.303. The Kier molecular flexibility index (Phi) is 5.14. The maximum Gasteiger partial charge on any atom is 0.159 e. The normalized spacial score (nSPS) is 10.5. The van der Waals surface area contributed by atoms with Crippen molar-refractivity contribution in [3.05, 3.63) is 89.5 Å². The van der Waals surface area contributed by atoms with Crippen LogP contribution in [0.1, 0.15) is 11.1 Å². The molecule has 0 unspecified atom stereocenters. The summed E-state index contributed by atoms with van der Waals surface area (Å²) in [6.45, 7) is 0.553. The van der Waals surface area contributed by atoms with Crippen molar-refractivity contribution >= 4 is 5.69 Å². The highest BCUT2D eigenvalue weighted by molar-refractivity contribution is 5.46. The third-order valence-electron chi connectivity index (χ3n) is 3.70. The monoisotopic (exact) mass is 341 g/mol. The minimum absolute atomic E-state index is 0.0816. The fourth-order valence-corrected chi connectivity index (χ4v) is 2.33. The fraction of sp³-hybridized carbons (Fsp3) is 0.100. The van der Waals surface area contributed by atoms with Gasteiger partial charge < -0.3 is 15.2 Å². The molecule has 0 fully saturated rings. The van der Waals surface area contributed by atoms with E-state index in [9.17, 15) is 13.9 Å². The Morgan fingerprint density at radius 2 is 1.68 bits per heavy atom. The molecular formula is C20H17F2NO2. The lowest BCUT2D eigenvalue weighted by atomic mass is 10.2. The van der Waals surface area contributed by atoms with Gasteiger partial charge in [0.25, 0.3) is 0 Å². The van der Waals surface area contributed by atoms with Gasteiger partial charge in [-0.25, -0.2) is 8.78 Å². The van der Waals surface area contributed by atoms with Crippen LogP contribution in [0.5, 0.6) is 11.5 Å². The number of benzene rings is 3. The van der Waals surface area contributed by atoms with E-state index in [1.807, 2.05) is 30.3 Å². The Labute approximate surface area is 144 Å². The summed E-state index contributed by atoms with van der Waals surface area (Å²) in [4.78, 5) is 0. The molecule has 3 nitrogen and oxygen atoms in total. The van der Waals surface area contributed by atoms with E-state index in [0.29, 0.717) is 17.9 Å². The Morgan fingerprint density at radius 3 is 2.40 bits per heavy atom. The second kappa shape index (κ2) is 7.66. The average molecular weight is 341 g/mol. The molecule has 0 aliphatic heterocycles. The molecule has 0 radical (unpaired) electrons. The van der Waals surface area contributed by atoms with Gasteiger partial charge >= 0.3 is 0 Å². The number of hydrogen-bond acceptors (Lipinski definition) is 3. The van der Waals surface area contributed by atoms with Gasteiger partial charge in [-0.05, 0) is 42.0 Å². The zero-order valence-corrected chi connectivity index (χ0v) is 13.4. The molecule has 3 rings (SSSR count). The topological polar surface area (TPSA) is 41.5 Å². The van der Waals surface area contributed by atoms with Crippen molar-refractivity contribution < 1.29 is 18.6 Å². The number of nitrogens with one attached hydrogen (secondary N) is 1. The summed E-state index contributed by atoms with van der Waals surface area (Å²) in [6.07, 6.45) is 0. The van der Waals surface area contributed by atoms with Crippen molar-refractivity contribution in [1.82, 2.24) is 0 Å². The molecule has 0 amide bonds. The van der Waals surface area contributed by atoms with Crippen LogP contribution in [-0.4, -0.2) is 5.11 Å². The lowest BCUT2D eigenvalue weighted by Gasteiger charge is -2.11. The van der Waals surface area contributed by atoms with E-state index in [2.05, 4.69) is 5.32 Å². The van der Waals surface area contributed by atoms with Gasteiger partial charge in [0, 0.05) is 23.9 Å². The van der Waals surface area contributed by atoms with E-state index in [1.54, 1.807) is 12.1 Å². The summed E-state index contributed by atoms with van der Waals surface area (Å²) in [6, 6.07) is 18.3. The van der Waals surface area contributed by atoms with Crippen LogP contribution < -0.4 is 10.1 Å². The minimum Gasteiger partial charge on any atom is -0.507 e. The van der Waals surface area contributed by atoms with Gasteiger partial charge in [0.1, 0.15) is 18.1 Å². The van der Waals surface area contributed by atoms with Gasteiger partial charge in [-0.2, -0.15) is 0 Å². The van der Waals surface area contributed by atoms with E-state index in [1.165, 1.54) is 12.1 Å². The summed E-state index contributed by atoms with van der Waals surface area (Å²) in [5.41, 5.74) is 2.19. The van der Waals surface area contributed by atoms with Crippen molar-refractivity contribution in [2.24, 2.45) is 0 Å². The molecule has 0 bridgehead atoms. The maximum atomic E-state index is 13.2. The van der Waals surface area contributed by atoms with Gasteiger partial charge in [-0.1, -0.05) is 24.3 Å². The molecule has 0 atom stereocenters. The molecular weight excluding hydrogens is 324 g/mol. The summed E-state index contributed by atoms with van der Waals surface area (Å²) < 4.78 is 31.6. The number of para-hydroxylation sites is 1. The van der Waals surface area contributed by atoms with Gasteiger partial charge in [0.2, 0.25) is 0 Å². The van der Waals surface area contributed by atoms with Crippen molar-refractivity contribution in [3.63, 3.8) is 0 Å². The molecule has 0 heterocycles. The van der Waals surface area contributed by atoms with E-state index >= 15 is 0 Å². The van der Waals surface area contributed by atoms with Crippen LogP contribution in [0.15, 0.2) is 66.7 Å². The summed E-state index contributed by atoms with van der Waals surface area (Å²) in [5, 5.41) is 13.3. The van der Waals surface area contributed by atoms with Crippen LogP contribution in [0.3, 0.4) is 0 Å². The highest BCUT2D eigenvalue weighted by Gasteiger charge is 2.06. The zero-order valence-electron chi connectivity index (χ0n) is 13.4. The van der Waals surface area contributed by atoms with E-state index < -0.39 is 11.6 Å². The highest BCUT2D eigenvalue weighted by Crippen LogP contribution is 2.25. The minimum atomic E-state index is -0.911. The van der Waals surface area contributed by atoms with Gasteiger partial charge in [0.15, 0.2) is 11.6 Å². The molecule has 2 N–H and O–H groups in total. The molecule has 0 saturated carbocycles. The molecule has 0 spiro atoms. The second-order valence-electron chi connectivity index (χ2n) is 5.55. The first-order valence-electron chi connectivity index (χ1n) is 7.79. The average Bonchev–Trinajstić information content (AvgIpc) is 2.63. The fourth-order valence-electron chi connectivity index (χ4n) is 2.33. The van der Waals surface area contributed by atoms with Crippen molar-refractivity contribution in [3.8, 4) is 11.5 Å². The van der Waals surface area contributed by atoms with Crippen LogP contribution in [0.25, 0.3) is 0 Å². The number of aromatic hydroxyl groups is 1. The number of phenols is 1. The van der Waals surface area contributed by atoms with E-state index in [4.69, 9.17) is 4.74 Å². The maximum absolute atomic E-state index is 13.2. The number of halogens is 2. The lowest BCUT2D eigenvalue weighted by Crippen LogP contribution is -2.00. The molecule has 25 heavy (non-hydrogen) atoms. The first-order chi connectivity index (χ1) is 12.1. The number of phenolic OH excluding ortho intramolecular Hbond substituents is 1. The quantitative estimate of drug-likeness (QED) is 0.673. The van der Waals surface area contributed by atoms with Crippen LogP contribution in [-0.2, 0) is 13.2 Å². The summed E-state index contributed by atoms with van der Waals surface area (Å²) in [5.74, 6) is -1.25. The highest BCUT2D eigenvalue weighted by atomic mass is 19.2. The third kappa shape index (κ3) is 4.47. The molecule has 0 aliphatic rings. The molecule has 3 aromatic carbocycles. The van der Waals surface area contributed by atoms with Gasteiger partial charge in [-0.3, -0.25) is 0 Å². The second-order valence-corrected chi connectivity index (χ2v) is 5.55. The molecule has 3 aromatic rings. The van der Waals surface area contributed by atoms with Gasteiger partial charge in [-0.15, -0.1) is 0 Å². The van der Waals surface area contributed by atoms with Crippen LogP contribution in [0.4, 0.5) is 14.5 Å². The Morgan fingerprint density at radius 1 is 0.880 bits per heavy atom. The molecule has 5 heteroatoms. The smallest absolute Gasteiger partial charge is 0.159 e. The molecule has 128 valence electrons. The van der Waals surface area contributed by atoms with E-state index in [0.717, 1.165) is 23.4 Å². The van der Waals surface area contributed by atoms with Crippen molar-refractivity contribution in [2.45, 2.75) is 13.2 Å². The standard InChI is InChI=1S/C20H17F2NO2/c21-18-9-6-14(10-19(18)22)13-25-17-8-7-15(20(24)11-17)12-23-16-4-2-1-3-5-16/h1-11,23-24H,12-13H2. The Bertz CT molecular complexity index is 854. The number of rotatable bonds is 6. The van der Waals surface area contributed by atoms with Gasteiger partial charge in [0.05, 0.1) is 0 Å². The first kappa shape index (κ1) is 16.8. The SMILES string of the molecule is Oc1cc(OCc2ccc(F)c(F)c2)ccc1CNc1ccccc1. The molecule has 0 aromatic heterocycles. The van der Waals surface area contributed by atoms with Crippen LogP contribution in [0.2, 0.25) is 0 Å². The summed E-state index contributed by atoms with van der Waals surface area (Å²) in [7, 11) is 0. The Hall–Kier alpha value is -3.08. The molecule has 0 saturated heterocycles. The number of ether oxygens (including phenoxy) is 1. The van der Waals surface area contributed by atoms with Crippen LogP contribution in [0, 0.1) is 11.6 Å². The largest absolute Gasteiger partial charge is 0.507 e. The molecule has 0 aliphatic carbocycles. The van der Waals surface area contributed by atoms with Crippen molar-refractivity contribution in [2.75, 3.05) is 5.32 Å². The van der Waals surface area contributed by atoms with Crippen molar-refractivity contribution in [1.29, 1.82) is 0 Å². The number of hydrogen-bond donors (Lipinski definition) is 2. The summed E-state index contributed by atoms with van der Waals surface area (Å²) >= 11 is 0. The van der Waals surface area contributed by atoms with Crippen LogP contribution >= 0.6 is 0 Å². The Balaban J connectivity index is 1.60. The first-order valence-corrected chi connectivity index (χ1v) is 7.79. The zero-order chi connectivity index (χ0) is 17.6. The number of anilines is 1. The third-order valence-corrected chi connectivity index (χ3v) is 3.70. The predicted molar refractivity (Wildman–Crippen MR) is 92.6 cm³/mol.